The van der Waals surface area contributed by atoms with Crippen molar-refractivity contribution < 1.29 is 18.3 Å². The third kappa shape index (κ3) is 4.59. The fraction of sp³-hybridized carbons (Fsp3) is 0.152. The van der Waals surface area contributed by atoms with Gasteiger partial charge in [0.15, 0.2) is 5.43 Å². The van der Waals surface area contributed by atoms with Gasteiger partial charge in [-0.15, -0.1) is 0 Å². The first-order chi connectivity index (χ1) is 18.9. The first-order valence-electron chi connectivity index (χ1n) is 12.8. The Labute approximate surface area is 225 Å². The number of amides is 1. The van der Waals surface area contributed by atoms with Crippen LogP contribution in [0.1, 0.15) is 50.0 Å². The smallest absolute Gasteiger partial charge is 0.291 e. The van der Waals surface area contributed by atoms with Crippen LogP contribution in [0.5, 0.6) is 5.75 Å². The number of carbonyl (C=O) groups excluding carboxylic acids is 1. The molecule has 1 unspecified atom stereocenters. The second kappa shape index (κ2) is 9.87. The highest BCUT2D eigenvalue weighted by atomic mass is 19.1. The molecule has 0 fully saturated rings. The zero-order valence-electron chi connectivity index (χ0n) is 21.6. The average Bonchev–Trinajstić information content (AvgIpc) is 3.21. The number of halogens is 1. The maximum atomic E-state index is 14.0. The van der Waals surface area contributed by atoms with Crippen molar-refractivity contribution >= 4 is 16.9 Å². The summed E-state index contributed by atoms with van der Waals surface area (Å²) in [6.45, 7) is 4.35. The number of rotatable bonds is 6. The van der Waals surface area contributed by atoms with E-state index in [1.807, 2.05) is 74.5 Å². The molecule has 0 aliphatic carbocycles. The molecule has 0 bridgehead atoms. The highest BCUT2D eigenvalue weighted by molar-refractivity contribution is 5.99. The summed E-state index contributed by atoms with van der Waals surface area (Å²) in [5.41, 5.74) is 4.72. The molecule has 0 N–H and O–H groups in total. The Morgan fingerprint density at radius 1 is 0.872 bits per heavy atom. The van der Waals surface area contributed by atoms with E-state index in [1.54, 1.807) is 23.1 Å². The van der Waals surface area contributed by atoms with Crippen molar-refractivity contribution in [1.82, 2.24) is 4.90 Å². The van der Waals surface area contributed by atoms with Gasteiger partial charge in [0.1, 0.15) is 23.8 Å². The molecule has 1 atom stereocenters. The van der Waals surface area contributed by atoms with Crippen LogP contribution in [0.25, 0.3) is 11.0 Å². The number of ether oxygens (including phenoxy) is 1. The molecule has 6 rings (SSSR count). The second-order valence-electron chi connectivity index (χ2n) is 9.94. The van der Waals surface area contributed by atoms with Crippen LogP contribution in [0.15, 0.2) is 100 Å². The molecule has 2 heterocycles. The monoisotopic (exact) mass is 519 g/mol. The summed E-state index contributed by atoms with van der Waals surface area (Å²) in [5.74, 6) is -0.0736. The standard InChI is InChI=1S/C33H26FNO4/c1-20-15-21(2)31-27(16-20)30(36)28-29(24-9-6-10-26(17-24)38-19-23-7-4-3-5-8-23)35(33(37)32(28)39-31)18-22-11-13-25(34)14-12-22/h3-17,29H,18-19H2,1-2H3. The van der Waals surface area contributed by atoms with Crippen LogP contribution in [0, 0.1) is 19.7 Å². The van der Waals surface area contributed by atoms with Gasteiger partial charge in [0.2, 0.25) is 5.76 Å². The third-order valence-electron chi connectivity index (χ3n) is 7.09. The van der Waals surface area contributed by atoms with Crippen LogP contribution < -0.4 is 10.2 Å². The molecule has 0 spiro atoms. The summed E-state index contributed by atoms with van der Waals surface area (Å²) < 4.78 is 25.8. The molecular formula is C33H26FNO4. The Balaban J connectivity index is 1.47. The molecule has 39 heavy (non-hydrogen) atoms. The van der Waals surface area contributed by atoms with Crippen molar-refractivity contribution in [3.8, 4) is 5.75 Å². The Morgan fingerprint density at radius 3 is 2.41 bits per heavy atom. The van der Waals surface area contributed by atoms with E-state index >= 15 is 0 Å². The van der Waals surface area contributed by atoms with Gasteiger partial charge in [-0.05, 0) is 72.0 Å². The molecule has 0 saturated carbocycles. The van der Waals surface area contributed by atoms with Crippen molar-refractivity contribution in [3.63, 3.8) is 0 Å². The average molecular weight is 520 g/mol. The lowest BCUT2D eigenvalue weighted by Gasteiger charge is -2.25. The zero-order valence-corrected chi connectivity index (χ0v) is 21.6. The molecule has 1 aliphatic heterocycles. The Morgan fingerprint density at radius 2 is 1.64 bits per heavy atom. The molecule has 5 aromatic rings. The van der Waals surface area contributed by atoms with Gasteiger partial charge in [-0.3, -0.25) is 9.59 Å². The van der Waals surface area contributed by atoms with E-state index in [9.17, 15) is 14.0 Å². The topological polar surface area (TPSA) is 59.8 Å². The van der Waals surface area contributed by atoms with E-state index in [4.69, 9.17) is 9.15 Å². The molecule has 1 amide bonds. The summed E-state index contributed by atoms with van der Waals surface area (Å²) in [5, 5.41) is 0.448. The SMILES string of the molecule is Cc1cc(C)c2oc3c(c(=O)c2c1)C(c1cccc(OCc2ccccc2)c1)N(Cc1ccc(F)cc1)C3=O. The lowest BCUT2D eigenvalue weighted by atomic mass is 9.97. The van der Waals surface area contributed by atoms with Gasteiger partial charge >= 0.3 is 0 Å². The Hall–Kier alpha value is -4.71. The van der Waals surface area contributed by atoms with E-state index < -0.39 is 6.04 Å². The van der Waals surface area contributed by atoms with Crippen LogP contribution >= 0.6 is 0 Å². The van der Waals surface area contributed by atoms with Gasteiger partial charge in [0.25, 0.3) is 5.91 Å². The van der Waals surface area contributed by atoms with E-state index in [2.05, 4.69) is 0 Å². The molecule has 1 aliphatic rings. The minimum absolute atomic E-state index is 0.0437. The van der Waals surface area contributed by atoms with Gasteiger partial charge in [-0.25, -0.2) is 4.39 Å². The van der Waals surface area contributed by atoms with E-state index in [0.29, 0.717) is 28.9 Å². The molecule has 194 valence electrons. The van der Waals surface area contributed by atoms with Crippen molar-refractivity contribution in [2.24, 2.45) is 0 Å². The summed E-state index contributed by atoms with van der Waals surface area (Å²) in [4.78, 5) is 29.4. The fourth-order valence-electron chi connectivity index (χ4n) is 5.29. The number of carbonyl (C=O) groups is 1. The molecule has 4 aromatic carbocycles. The number of benzene rings is 4. The lowest BCUT2D eigenvalue weighted by Crippen LogP contribution is -2.29. The number of nitrogens with zero attached hydrogens (tertiary/aromatic N) is 1. The number of hydrogen-bond acceptors (Lipinski definition) is 4. The summed E-state index contributed by atoms with van der Waals surface area (Å²) >= 11 is 0. The van der Waals surface area contributed by atoms with Crippen LogP contribution in [-0.4, -0.2) is 10.8 Å². The molecule has 0 saturated heterocycles. The van der Waals surface area contributed by atoms with Crippen LogP contribution in [-0.2, 0) is 13.2 Å². The van der Waals surface area contributed by atoms with Gasteiger partial charge in [-0.2, -0.15) is 0 Å². The predicted octanol–water partition coefficient (Wildman–Crippen LogP) is 6.87. The molecular weight excluding hydrogens is 493 g/mol. The summed E-state index contributed by atoms with van der Waals surface area (Å²) in [7, 11) is 0. The molecule has 1 aromatic heterocycles. The largest absolute Gasteiger partial charge is 0.489 e. The molecule has 5 nitrogen and oxygen atoms in total. The van der Waals surface area contributed by atoms with E-state index in [1.165, 1.54) is 12.1 Å². The van der Waals surface area contributed by atoms with Crippen LogP contribution in [0.2, 0.25) is 0 Å². The fourth-order valence-corrected chi connectivity index (χ4v) is 5.29. The summed E-state index contributed by atoms with van der Waals surface area (Å²) in [6, 6.07) is 26.3. The predicted molar refractivity (Wildman–Crippen MR) is 147 cm³/mol. The normalized spacial score (nSPS) is 14.6. The van der Waals surface area contributed by atoms with Gasteiger partial charge in [0.05, 0.1) is 17.0 Å². The zero-order chi connectivity index (χ0) is 27.1. The minimum Gasteiger partial charge on any atom is -0.489 e. The maximum absolute atomic E-state index is 14.0. The maximum Gasteiger partial charge on any atom is 0.291 e. The summed E-state index contributed by atoms with van der Waals surface area (Å²) in [6.07, 6.45) is 0. The minimum atomic E-state index is -0.695. The Bertz CT molecular complexity index is 1760. The highest BCUT2D eigenvalue weighted by Gasteiger charge is 2.43. The number of aryl methyl sites for hydroxylation is 2. The first-order valence-corrected chi connectivity index (χ1v) is 12.8. The number of hydrogen-bond donors (Lipinski definition) is 0. The van der Waals surface area contributed by atoms with E-state index in [0.717, 1.165) is 27.8 Å². The highest BCUT2D eigenvalue weighted by Crippen LogP contribution is 2.40. The quantitative estimate of drug-likeness (QED) is 0.246. The molecule has 0 radical (unpaired) electrons. The number of fused-ring (bicyclic) bond motifs is 2. The lowest BCUT2D eigenvalue weighted by molar-refractivity contribution is 0.0714. The Kier molecular flexibility index (Phi) is 6.23. The van der Waals surface area contributed by atoms with Crippen molar-refractivity contribution in [1.29, 1.82) is 0 Å². The van der Waals surface area contributed by atoms with Crippen LogP contribution in [0.3, 0.4) is 0 Å². The molecule has 6 heteroatoms. The van der Waals surface area contributed by atoms with Gasteiger partial charge in [0, 0.05) is 6.54 Å². The van der Waals surface area contributed by atoms with Crippen molar-refractivity contribution in [2.45, 2.75) is 33.0 Å². The van der Waals surface area contributed by atoms with E-state index in [-0.39, 0.29) is 29.5 Å². The van der Waals surface area contributed by atoms with Gasteiger partial charge in [-0.1, -0.05) is 60.7 Å². The van der Waals surface area contributed by atoms with Crippen molar-refractivity contribution in [3.05, 3.63) is 146 Å². The van der Waals surface area contributed by atoms with Crippen LogP contribution in [0.4, 0.5) is 4.39 Å². The van der Waals surface area contributed by atoms with Gasteiger partial charge < -0.3 is 14.1 Å². The third-order valence-corrected chi connectivity index (χ3v) is 7.09. The van der Waals surface area contributed by atoms with Crippen molar-refractivity contribution in [2.75, 3.05) is 0 Å². The second-order valence-corrected chi connectivity index (χ2v) is 9.94. The first kappa shape index (κ1) is 24.6.